The Morgan fingerprint density at radius 2 is 2.00 bits per heavy atom. The maximum atomic E-state index is 12.1. The number of benzene rings is 1. The first-order chi connectivity index (χ1) is 10.8. The first kappa shape index (κ1) is 14.1. The lowest BCUT2D eigenvalue weighted by molar-refractivity contribution is -0.124. The molecule has 1 aromatic carbocycles. The van der Waals surface area contributed by atoms with Gasteiger partial charge in [-0.15, -0.1) is 0 Å². The largest absolute Gasteiger partial charge is 0.484 e. The van der Waals surface area contributed by atoms with Crippen LogP contribution in [0.1, 0.15) is 49.7 Å². The smallest absolute Gasteiger partial charge is 0.258 e. The van der Waals surface area contributed by atoms with E-state index in [9.17, 15) is 4.79 Å². The van der Waals surface area contributed by atoms with Crippen LogP contribution < -0.4 is 10.1 Å². The molecule has 3 unspecified atom stereocenters. The first-order valence-corrected chi connectivity index (χ1v) is 8.82. The molecule has 3 heteroatoms. The molecule has 0 saturated heterocycles. The van der Waals surface area contributed by atoms with Crippen LogP contribution in [0.5, 0.6) is 5.75 Å². The van der Waals surface area contributed by atoms with Crippen LogP contribution in [0, 0.1) is 11.8 Å². The van der Waals surface area contributed by atoms with Crippen molar-refractivity contribution in [3.8, 4) is 5.75 Å². The van der Waals surface area contributed by atoms with Crippen LogP contribution in [0.2, 0.25) is 0 Å². The Morgan fingerprint density at radius 1 is 1.14 bits per heavy atom. The number of ether oxygens (including phenoxy) is 1. The molecule has 0 heterocycles. The summed E-state index contributed by atoms with van der Waals surface area (Å²) in [6, 6.07) is 6.70. The summed E-state index contributed by atoms with van der Waals surface area (Å²) in [5.74, 6) is 2.45. The average molecular weight is 299 g/mol. The van der Waals surface area contributed by atoms with Gasteiger partial charge in [0.05, 0.1) is 0 Å². The van der Waals surface area contributed by atoms with Crippen molar-refractivity contribution in [2.45, 2.75) is 57.4 Å². The van der Waals surface area contributed by atoms with Crippen molar-refractivity contribution in [2.24, 2.45) is 11.8 Å². The Balaban J connectivity index is 1.30. The van der Waals surface area contributed by atoms with E-state index in [0.29, 0.717) is 6.04 Å². The first-order valence-electron chi connectivity index (χ1n) is 8.82. The number of carbonyl (C=O) groups excluding carboxylic acids is 1. The summed E-state index contributed by atoms with van der Waals surface area (Å²) in [5, 5.41) is 3.18. The average Bonchev–Trinajstić information content (AvgIpc) is 3.15. The van der Waals surface area contributed by atoms with E-state index in [1.165, 1.54) is 56.1 Å². The van der Waals surface area contributed by atoms with Crippen molar-refractivity contribution in [2.75, 3.05) is 6.61 Å². The molecule has 1 amide bonds. The quantitative estimate of drug-likeness (QED) is 0.927. The lowest BCUT2D eigenvalue weighted by atomic mass is 9.92. The predicted molar refractivity (Wildman–Crippen MR) is 86.0 cm³/mol. The van der Waals surface area contributed by atoms with Gasteiger partial charge in [-0.3, -0.25) is 4.79 Å². The fraction of sp³-hybridized carbons (Fsp3) is 0.632. The monoisotopic (exact) mass is 299 g/mol. The van der Waals surface area contributed by atoms with E-state index in [0.717, 1.165) is 24.0 Å². The maximum absolute atomic E-state index is 12.1. The third-order valence-electron chi connectivity index (χ3n) is 5.77. The molecular weight excluding hydrogens is 274 g/mol. The SMILES string of the molecule is O=C(COc1ccc2c(c1)CCCC2)NC1CC2CCC1C2. The van der Waals surface area contributed by atoms with E-state index in [-0.39, 0.29) is 12.5 Å². The van der Waals surface area contributed by atoms with Crippen LogP contribution in [-0.4, -0.2) is 18.6 Å². The van der Waals surface area contributed by atoms with Crippen LogP contribution in [-0.2, 0) is 17.6 Å². The zero-order valence-corrected chi connectivity index (χ0v) is 13.1. The fourth-order valence-electron chi connectivity index (χ4n) is 4.62. The fourth-order valence-corrected chi connectivity index (χ4v) is 4.62. The summed E-state index contributed by atoms with van der Waals surface area (Å²) in [6.45, 7) is 0.146. The highest BCUT2D eigenvalue weighted by Crippen LogP contribution is 2.44. The minimum atomic E-state index is 0.0373. The van der Waals surface area contributed by atoms with Crippen molar-refractivity contribution < 1.29 is 9.53 Å². The summed E-state index contributed by atoms with van der Waals surface area (Å²) in [4.78, 5) is 12.1. The molecule has 0 aliphatic heterocycles. The number of aryl methyl sites for hydroxylation is 2. The molecule has 4 rings (SSSR count). The molecule has 3 aliphatic carbocycles. The highest BCUT2D eigenvalue weighted by molar-refractivity contribution is 5.78. The van der Waals surface area contributed by atoms with Gasteiger partial charge in [0.1, 0.15) is 5.75 Å². The molecule has 3 atom stereocenters. The zero-order valence-electron chi connectivity index (χ0n) is 13.1. The topological polar surface area (TPSA) is 38.3 Å². The Morgan fingerprint density at radius 3 is 2.77 bits per heavy atom. The molecule has 118 valence electrons. The van der Waals surface area contributed by atoms with Crippen molar-refractivity contribution in [1.29, 1.82) is 0 Å². The molecule has 2 bridgehead atoms. The molecule has 0 radical (unpaired) electrons. The molecular formula is C19H25NO2. The van der Waals surface area contributed by atoms with Gasteiger partial charge in [-0.2, -0.15) is 0 Å². The van der Waals surface area contributed by atoms with E-state index in [2.05, 4.69) is 17.4 Å². The Labute approximate surface area is 132 Å². The highest BCUT2D eigenvalue weighted by atomic mass is 16.5. The van der Waals surface area contributed by atoms with Gasteiger partial charge >= 0.3 is 0 Å². The van der Waals surface area contributed by atoms with Crippen molar-refractivity contribution in [3.63, 3.8) is 0 Å². The molecule has 0 spiro atoms. The van der Waals surface area contributed by atoms with E-state index in [1.54, 1.807) is 0 Å². The van der Waals surface area contributed by atoms with Crippen LogP contribution in [0.4, 0.5) is 0 Å². The van der Waals surface area contributed by atoms with Gasteiger partial charge in [-0.1, -0.05) is 12.5 Å². The van der Waals surface area contributed by atoms with Crippen LogP contribution in [0.25, 0.3) is 0 Å². The molecule has 2 saturated carbocycles. The van der Waals surface area contributed by atoms with Crippen LogP contribution in [0.3, 0.4) is 0 Å². The van der Waals surface area contributed by atoms with Gasteiger partial charge in [0.15, 0.2) is 6.61 Å². The van der Waals surface area contributed by atoms with Gasteiger partial charge in [0.2, 0.25) is 0 Å². The van der Waals surface area contributed by atoms with Crippen LogP contribution in [0.15, 0.2) is 18.2 Å². The standard InChI is InChI=1S/C19H25NO2/c21-19(20-18-10-13-5-6-16(18)9-13)12-22-17-8-7-14-3-1-2-4-15(14)11-17/h7-8,11,13,16,18H,1-6,9-10,12H2,(H,20,21). The van der Waals surface area contributed by atoms with Gasteiger partial charge in [-0.25, -0.2) is 0 Å². The van der Waals surface area contributed by atoms with Gasteiger partial charge < -0.3 is 10.1 Å². The minimum absolute atomic E-state index is 0.0373. The van der Waals surface area contributed by atoms with Gasteiger partial charge in [-0.05, 0) is 80.0 Å². The highest BCUT2D eigenvalue weighted by Gasteiger charge is 2.40. The number of carbonyl (C=O) groups is 1. The number of rotatable bonds is 4. The third kappa shape index (κ3) is 2.86. The van der Waals surface area contributed by atoms with E-state index in [4.69, 9.17) is 4.74 Å². The number of fused-ring (bicyclic) bond motifs is 3. The second-order valence-electron chi connectivity index (χ2n) is 7.28. The van der Waals surface area contributed by atoms with E-state index >= 15 is 0 Å². The number of nitrogens with one attached hydrogen (secondary N) is 1. The van der Waals surface area contributed by atoms with Crippen molar-refractivity contribution in [3.05, 3.63) is 29.3 Å². The number of amides is 1. The van der Waals surface area contributed by atoms with Crippen LogP contribution >= 0.6 is 0 Å². The molecule has 0 aromatic heterocycles. The summed E-state index contributed by atoms with van der Waals surface area (Å²) < 4.78 is 5.71. The molecule has 3 nitrogen and oxygen atoms in total. The molecule has 2 fully saturated rings. The van der Waals surface area contributed by atoms with Crippen molar-refractivity contribution >= 4 is 5.91 Å². The van der Waals surface area contributed by atoms with Crippen molar-refractivity contribution in [1.82, 2.24) is 5.32 Å². The Hall–Kier alpha value is -1.51. The van der Waals surface area contributed by atoms with Gasteiger partial charge in [0.25, 0.3) is 5.91 Å². The van der Waals surface area contributed by atoms with Gasteiger partial charge in [0, 0.05) is 6.04 Å². The maximum Gasteiger partial charge on any atom is 0.258 e. The Kier molecular flexibility index (Phi) is 3.81. The summed E-state index contributed by atoms with van der Waals surface area (Å²) in [5.41, 5.74) is 2.85. The second-order valence-corrected chi connectivity index (χ2v) is 7.28. The lowest BCUT2D eigenvalue weighted by Gasteiger charge is -2.23. The third-order valence-corrected chi connectivity index (χ3v) is 5.77. The number of hydrogen-bond donors (Lipinski definition) is 1. The molecule has 3 aliphatic rings. The molecule has 1 aromatic rings. The zero-order chi connectivity index (χ0) is 14.9. The molecule has 22 heavy (non-hydrogen) atoms. The predicted octanol–water partition coefficient (Wildman–Crippen LogP) is 3.25. The summed E-state index contributed by atoms with van der Waals surface area (Å²) in [6.07, 6.45) is 10.0. The minimum Gasteiger partial charge on any atom is -0.484 e. The number of hydrogen-bond acceptors (Lipinski definition) is 2. The second kappa shape index (κ2) is 5.94. The molecule has 1 N–H and O–H groups in total. The normalized spacial score (nSPS) is 29.2. The summed E-state index contributed by atoms with van der Waals surface area (Å²) in [7, 11) is 0. The van der Waals surface area contributed by atoms with E-state index < -0.39 is 0 Å². The lowest BCUT2D eigenvalue weighted by Crippen LogP contribution is -2.40. The Bertz CT molecular complexity index is 569. The van der Waals surface area contributed by atoms with E-state index in [1.807, 2.05) is 6.07 Å². The summed E-state index contributed by atoms with van der Waals surface area (Å²) >= 11 is 0.